The monoisotopic (exact) mass is 298 g/mol. The molecule has 110 valence electrons. The molecule has 0 heterocycles. The Hall–Kier alpha value is -2.70. The molecule has 0 aromatic heterocycles. The fourth-order valence-electron chi connectivity index (χ4n) is 1.60. The molecule has 2 aromatic carbocycles. The van der Waals surface area contributed by atoms with Crippen LogP contribution in [0.2, 0.25) is 0 Å². The zero-order valence-corrected chi connectivity index (χ0v) is 10.4. The Morgan fingerprint density at radius 3 is 2.05 bits per heavy atom. The van der Waals surface area contributed by atoms with E-state index >= 15 is 0 Å². The molecule has 2 N–H and O–H groups in total. The van der Waals surface area contributed by atoms with Crippen LogP contribution in [0.15, 0.2) is 42.5 Å². The van der Waals surface area contributed by atoms with Gasteiger partial charge in [0.15, 0.2) is 0 Å². The van der Waals surface area contributed by atoms with Gasteiger partial charge < -0.3 is 14.9 Å². The van der Waals surface area contributed by atoms with Gasteiger partial charge in [-0.1, -0.05) is 0 Å². The summed E-state index contributed by atoms with van der Waals surface area (Å²) in [4.78, 5) is 10.7. The normalized spacial score (nSPS) is 11.2. The third-order valence-electron chi connectivity index (χ3n) is 2.62. The molecule has 0 amide bonds. The number of halogens is 3. The standard InChI is InChI=1S/C14H9F3O4/c15-14(16,17)8-1-3-9(4-2-8)21-10-5-6-11(13(19)20)12(18)7-10/h1-7,18H,(H,19,20). The predicted molar refractivity (Wildman–Crippen MR) is 66.6 cm³/mol. The van der Waals surface area contributed by atoms with E-state index in [1.807, 2.05) is 0 Å². The minimum absolute atomic E-state index is 0.109. The minimum atomic E-state index is -4.43. The molecular formula is C14H9F3O4. The summed E-state index contributed by atoms with van der Waals surface area (Å²) in [7, 11) is 0. The number of hydrogen-bond donors (Lipinski definition) is 2. The van der Waals surface area contributed by atoms with Gasteiger partial charge in [-0.25, -0.2) is 4.79 Å². The SMILES string of the molecule is O=C(O)c1ccc(Oc2ccc(C(F)(F)F)cc2)cc1O. The van der Waals surface area contributed by atoms with E-state index in [4.69, 9.17) is 9.84 Å². The number of hydrogen-bond acceptors (Lipinski definition) is 3. The highest BCUT2D eigenvalue weighted by Crippen LogP contribution is 2.32. The number of alkyl halides is 3. The van der Waals surface area contributed by atoms with Crippen molar-refractivity contribution in [3.8, 4) is 17.2 Å². The minimum Gasteiger partial charge on any atom is -0.507 e. The topological polar surface area (TPSA) is 66.8 Å². The van der Waals surface area contributed by atoms with Gasteiger partial charge in [0.25, 0.3) is 0 Å². The summed E-state index contributed by atoms with van der Waals surface area (Å²) in [6.07, 6.45) is -4.43. The highest BCUT2D eigenvalue weighted by molar-refractivity contribution is 5.90. The van der Waals surface area contributed by atoms with E-state index in [2.05, 4.69) is 0 Å². The van der Waals surface area contributed by atoms with Crippen molar-refractivity contribution in [2.45, 2.75) is 6.18 Å². The lowest BCUT2D eigenvalue weighted by atomic mass is 10.2. The first-order valence-electron chi connectivity index (χ1n) is 5.69. The third kappa shape index (κ3) is 3.44. The molecule has 0 aliphatic rings. The molecule has 2 aromatic rings. The van der Waals surface area contributed by atoms with E-state index in [9.17, 15) is 23.1 Å². The van der Waals surface area contributed by atoms with Gasteiger partial charge in [-0.3, -0.25) is 0 Å². The summed E-state index contributed by atoms with van der Waals surface area (Å²) in [5.74, 6) is -1.55. The average Bonchev–Trinajstić information content (AvgIpc) is 2.38. The van der Waals surface area contributed by atoms with Crippen LogP contribution in [0.5, 0.6) is 17.2 Å². The van der Waals surface area contributed by atoms with Crippen LogP contribution >= 0.6 is 0 Å². The maximum atomic E-state index is 12.4. The van der Waals surface area contributed by atoms with Crippen LogP contribution in [-0.2, 0) is 6.18 Å². The van der Waals surface area contributed by atoms with Crippen molar-refractivity contribution in [1.29, 1.82) is 0 Å². The summed E-state index contributed by atoms with van der Waals surface area (Å²) in [5, 5.41) is 18.2. The van der Waals surface area contributed by atoms with Crippen molar-refractivity contribution in [1.82, 2.24) is 0 Å². The average molecular weight is 298 g/mol. The fourth-order valence-corrected chi connectivity index (χ4v) is 1.60. The van der Waals surface area contributed by atoms with Gasteiger partial charge in [-0.2, -0.15) is 13.2 Å². The van der Waals surface area contributed by atoms with Gasteiger partial charge in [-0.05, 0) is 36.4 Å². The van der Waals surface area contributed by atoms with E-state index in [1.54, 1.807) is 0 Å². The number of aromatic carboxylic acids is 1. The number of carboxylic acid groups (broad SMARTS) is 1. The van der Waals surface area contributed by atoms with E-state index in [0.29, 0.717) is 0 Å². The third-order valence-corrected chi connectivity index (χ3v) is 2.62. The van der Waals surface area contributed by atoms with E-state index in [1.165, 1.54) is 6.07 Å². The van der Waals surface area contributed by atoms with Gasteiger partial charge in [0.1, 0.15) is 22.8 Å². The summed E-state index contributed by atoms with van der Waals surface area (Å²) < 4.78 is 42.4. The first-order chi connectivity index (χ1) is 9.77. The van der Waals surface area contributed by atoms with E-state index in [0.717, 1.165) is 36.4 Å². The van der Waals surface area contributed by atoms with Gasteiger partial charge in [0.2, 0.25) is 0 Å². The second-order valence-electron chi connectivity index (χ2n) is 4.11. The molecule has 0 saturated heterocycles. The number of carboxylic acids is 1. The van der Waals surface area contributed by atoms with Gasteiger partial charge in [0.05, 0.1) is 5.56 Å². The highest BCUT2D eigenvalue weighted by Gasteiger charge is 2.30. The molecule has 7 heteroatoms. The van der Waals surface area contributed by atoms with Crippen LogP contribution in [0.4, 0.5) is 13.2 Å². The van der Waals surface area contributed by atoms with Gasteiger partial charge >= 0.3 is 12.1 Å². The lowest BCUT2D eigenvalue weighted by molar-refractivity contribution is -0.137. The lowest BCUT2D eigenvalue weighted by Crippen LogP contribution is -2.04. The summed E-state index contributed by atoms with van der Waals surface area (Å²) in [6.45, 7) is 0. The highest BCUT2D eigenvalue weighted by atomic mass is 19.4. The maximum Gasteiger partial charge on any atom is 0.416 e. The van der Waals surface area contributed by atoms with Crippen molar-refractivity contribution in [2.24, 2.45) is 0 Å². The Labute approximate surface area is 117 Å². The molecule has 21 heavy (non-hydrogen) atoms. The van der Waals surface area contributed by atoms with Crippen molar-refractivity contribution in [3.63, 3.8) is 0 Å². The number of phenols is 1. The van der Waals surface area contributed by atoms with Gasteiger partial charge in [0, 0.05) is 6.07 Å². The summed E-state index contributed by atoms with van der Waals surface area (Å²) >= 11 is 0. The van der Waals surface area contributed by atoms with Crippen LogP contribution in [-0.4, -0.2) is 16.2 Å². The van der Waals surface area contributed by atoms with Crippen molar-refractivity contribution >= 4 is 5.97 Å². The van der Waals surface area contributed by atoms with Crippen LogP contribution in [0, 0.1) is 0 Å². The van der Waals surface area contributed by atoms with Crippen LogP contribution < -0.4 is 4.74 Å². The summed E-state index contributed by atoms with van der Waals surface area (Å²) in [5.41, 5.74) is -1.10. The lowest BCUT2D eigenvalue weighted by Gasteiger charge is -2.09. The van der Waals surface area contributed by atoms with Crippen LogP contribution in [0.1, 0.15) is 15.9 Å². The molecular weight excluding hydrogens is 289 g/mol. The first-order valence-corrected chi connectivity index (χ1v) is 5.69. The van der Waals surface area contributed by atoms with E-state index in [-0.39, 0.29) is 17.1 Å². The van der Waals surface area contributed by atoms with Crippen molar-refractivity contribution in [2.75, 3.05) is 0 Å². The number of ether oxygens (including phenoxy) is 1. The van der Waals surface area contributed by atoms with Crippen LogP contribution in [0.25, 0.3) is 0 Å². The molecule has 0 aliphatic carbocycles. The van der Waals surface area contributed by atoms with E-state index < -0.39 is 23.5 Å². The zero-order chi connectivity index (χ0) is 15.6. The number of benzene rings is 2. The molecule has 4 nitrogen and oxygen atoms in total. The molecule has 0 radical (unpaired) electrons. The van der Waals surface area contributed by atoms with Gasteiger partial charge in [-0.15, -0.1) is 0 Å². The Bertz CT molecular complexity index is 663. The zero-order valence-electron chi connectivity index (χ0n) is 10.4. The number of aromatic hydroxyl groups is 1. The molecule has 0 bridgehead atoms. The van der Waals surface area contributed by atoms with Crippen molar-refractivity contribution < 1.29 is 32.9 Å². The number of rotatable bonds is 3. The molecule has 2 rings (SSSR count). The molecule has 0 aliphatic heterocycles. The fraction of sp³-hybridized carbons (Fsp3) is 0.0714. The smallest absolute Gasteiger partial charge is 0.416 e. The molecule has 0 spiro atoms. The second-order valence-corrected chi connectivity index (χ2v) is 4.11. The first kappa shape index (κ1) is 14.7. The van der Waals surface area contributed by atoms with Crippen LogP contribution in [0.3, 0.4) is 0 Å². The molecule has 0 unspecified atom stereocenters. The Balaban J connectivity index is 2.19. The Kier molecular flexibility index (Phi) is 3.75. The quantitative estimate of drug-likeness (QED) is 0.901. The predicted octanol–water partition coefficient (Wildman–Crippen LogP) is 3.90. The van der Waals surface area contributed by atoms with Crippen molar-refractivity contribution in [3.05, 3.63) is 53.6 Å². The second kappa shape index (κ2) is 5.35. The molecule has 0 atom stereocenters. The maximum absolute atomic E-state index is 12.4. The molecule has 0 saturated carbocycles. The Morgan fingerprint density at radius 2 is 1.57 bits per heavy atom. The Morgan fingerprint density at radius 1 is 1.00 bits per heavy atom. The molecule has 0 fully saturated rings. The largest absolute Gasteiger partial charge is 0.507 e. The summed E-state index contributed by atoms with van der Waals surface area (Å²) in [6, 6.07) is 7.48. The number of carbonyl (C=O) groups is 1.